The van der Waals surface area contributed by atoms with E-state index in [0.717, 1.165) is 10.6 Å². The van der Waals surface area contributed by atoms with Gasteiger partial charge in [0, 0.05) is 18.7 Å². The molecule has 0 bridgehead atoms. The quantitative estimate of drug-likeness (QED) is 0.380. The highest BCUT2D eigenvalue weighted by Crippen LogP contribution is 2.42. The highest BCUT2D eigenvalue weighted by molar-refractivity contribution is 7.45. The first kappa shape index (κ1) is 26.0. The van der Waals surface area contributed by atoms with Gasteiger partial charge in [0.1, 0.15) is 11.8 Å². The number of para-hydroxylation sites is 1. The minimum Gasteiger partial charge on any atom is -0.462 e. The van der Waals surface area contributed by atoms with Gasteiger partial charge in [-0.2, -0.15) is 0 Å². The lowest BCUT2D eigenvalue weighted by molar-refractivity contribution is -0.149. The maximum Gasteiger partial charge on any atom is 0.330 e. The Bertz CT molecular complexity index is 1080. The van der Waals surface area contributed by atoms with Crippen molar-refractivity contribution in [1.29, 1.82) is 0 Å². The van der Waals surface area contributed by atoms with Crippen LogP contribution >= 0.6 is 8.53 Å². The number of aromatic nitrogens is 2. The third-order valence-corrected chi connectivity index (χ3v) is 6.24. The van der Waals surface area contributed by atoms with Gasteiger partial charge in [-0.25, -0.2) is 14.3 Å². The number of halogens is 1. The van der Waals surface area contributed by atoms with Crippen molar-refractivity contribution in [2.45, 2.75) is 64.3 Å². The standard InChI is InChI=1S/C22H29FN3O7P/c1-14(2)31-19(28)15(3)25-34(33-16-8-6-5-7-9-16)30-13-17-12-22(4,23)20(32-17)26-11-10-18(27)24-21(26)29/h5-11,14-15,17,20,25H,12-13H2,1-4H3,(H,24,27,29)/t15?,17?,20?,22-,34?/m1/s1. The Hall–Kier alpha value is -2.59. The van der Waals surface area contributed by atoms with Crippen LogP contribution in [0.5, 0.6) is 5.75 Å². The summed E-state index contributed by atoms with van der Waals surface area (Å²) >= 11 is 0. The average molecular weight is 497 g/mol. The largest absolute Gasteiger partial charge is 0.462 e. The lowest BCUT2D eigenvalue weighted by Gasteiger charge is -2.23. The van der Waals surface area contributed by atoms with Gasteiger partial charge in [0.2, 0.25) is 0 Å². The summed E-state index contributed by atoms with van der Waals surface area (Å²) in [5, 5.41) is 2.98. The molecule has 0 radical (unpaired) electrons. The van der Waals surface area contributed by atoms with Crippen molar-refractivity contribution in [3.63, 3.8) is 0 Å². The van der Waals surface area contributed by atoms with E-state index in [2.05, 4.69) is 10.1 Å². The van der Waals surface area contributed by atoms with Gasteiger partial charge in [0.15, 0.2) is 11.9 Å². The Morgan fingerprint density at radius 2 is 2.00 bits per heavy atom. The van der Waals surface area contributed by atoms with Crippen LogP contribution < -0.4 is 20.9 Å². The smallest absolute Gasteiger partial charge is 0.330 e. The molecule has 1 aromatic heterocycles. The van der Waals surface area contributed by atoms with Gasteiger partial charge in [-0.15, -0.1) is 0 Å². The molecule has 1 aliphatic heterocycles. The Kier molecular flexibility index (Phi) is 8.59. The maximum absolute atomic E-state index is 15.3. The summed E-state index contributed by atoms with van der Waals surface area (Å²) in [6.45, 7) is 6.38. The summed E-state index contributed by atoms with van der Waals surface area (Å²) in [5.74, 6) is 0.0552. The molecule has 0 spiro atoms. The summed E-state index contributed by atoms with van der Waals surface area (Å²) in [4.78, 5) is 37.8. The second kappa shape index (κ2) is 11.2. The molecule has 4 unspecified atom stereocenters. The van der Waals surface area contributed by atoms with Gasteiger partial charge in [-0.1, -0.05) is 18.2 Å². The van der Waals surface area contributed by atoms with E-state index >= 15 is 4.39 Å². The summed E-state index contributed by atoms with van der Waals surface area (Å²) in [6.07, 6.45) is -1.08. The van der Waals surface area contributed by atoms with Crippen molar-refractivity contribution >= 4 is 14.5 Å². The Labute approximate surface area is 197 Å². The van der Waals surface area contributed by atoms with Gasteiger partial charge >= 0.3 is 20.2 Å². The number of carbonyl (C=O) groups is 1. The van der Waals surface area contributed by atoms with Crippen LogP contribution in [0.25, 0.3) is 0 Å². The predicted molar refractivity (Wildman–Crippen MR) is 123 cm³/mol. The van der Waals surface area contributed by atoms with Crippen LogP contribution in [0.2, 0.25) is 0 Å². The highest BCUT2D eigenvalue weighted by atomic mass is 31.2. The summed E-state index contributed by atoms with van der Waals surface area (Å²) in [7, 11) is -1.83. The zero-order valence-corrected chi connectivity index (χ0v) is 20.3. The van der Waals surface area contributed by atoms with Gasteiger partial charge in [0.25, 0.3) is 5.56 Å². The number of carbonyl (C=O) groups excluding carboxylic acids is 1. The normalized spacial score (nSPS) is 24.1. The fraction of sp³-hybridized carbons (Fsp3) is 0.500. The maximum atomic E-state index is 15.3. The number of nitrogens with one attached hydrogen (secondary N) is 2. The van der Waals surface area contributed by atoms with Gasteiger partial charge in [0.05, 0.1) is 18.8 Å². The van der Waals surface area contributed by atoms with Crippen LogP contribution in [0, 0.1) is 0 Å². The van der Waals surface area contributed by atoms with Crippen molar-refractivity contribution in [2.24, 2.45) is 0 Å². The lowest BCUT2D eigenvalue weighted by atomic mass is 10.0. The van der Waals surface area contributed by atoms with E-state index in [1.54, 1.807) is 45.0 Å². The van der Waals surface area contributed by atoms with Gasteiger partial charge in [-0.05, 0) is 39.8 Å². The van der Waals surface area contributed by atoms with Crippen molar-refractivity contribution < 1.29 is 27.7 Å². The SMILES string of the molecule is CC(C)OC(=O)C(C)NP(OCC1C[C@@](C)(F)C(n2ccc(=O)[nH]c2=O)O1)Oc1ccccc1. The molecule has 5 atom stereocenters. The zero-order valence-electron chi connectivity index (χ0n) is 19.4. The predicted octanol–water partition coefficient (Wildman–Crippen LogP) is 2.80. The fourth-order valence-electron chi connectivity index (χ4n) is 3.35. The molecule has 10 nitrogen and oxygen atoms in total. The molecule has 12 heteroatoms. The number of rotatable bonds is 10. The van der Waals surface area contributed by atoms with Crippen LogP contribution in [0.1, 0.15) is 40.3 Å². The molecule has 1 fully saturated rings. The number of H-pyrrole nitrogens is 1. The highest BCUT2D eigenvalue weighted by Gasteiger charge is 2.47. The van der Waals surface area contributed by atoms with Gasteiger partial charge in [-0.3, -0.25) is 19.1 Å². The first-order chi connectivity index (χ1) is 16.0. The van der Waals surface area contributed by atoms with E-state index in [0.29, 0.717) is 5.75 Å². The minimum atomic E-state index is -1.89. The molecule has 34 heavy (non-hydrogen) atoms. The van der Waals surface area contributed by atoms with E-state index in [4.69, 9.17) is 18.5 Å². The number of esters is 1. The second-order valence-corrected chi connectivity index (χ2v) is 9.62. The summed E-state index contributed by atoms with van der Waals surface area (Å²) in [5.41, 5.74) is -3.24. The number of nitrogens with zero attached hydrogens (tertiary/aromatic N) is 1. The van der Waals surface area contributed by atoms with Crippen LogP contribution in [-0.4, -0.2) is 46.0 Å². The minimum absolute atomic E-state index is 0.0529. The number of alkyl halides is 1. The Morgan fingerprint density at radius 3 is 2.65 bits per heavy atom. The summed E-state index contributed by atoms with van der Waals surface area (Å²) in [6, 6.07) is 9.29. The molecule has 3 rings (SSSR count). The van der Waals surface area contributed by atoms with Crippen LogP contribution in [-0.2, 0) is 18.8 Å². The fourth-order valence-corrected chi connectivity index (χ4v) is 4.56. The summed E-state index contributed by atoms with van der Waals surface area (Å²) < 4.78 is 39.0. The number of aromatic amines is 1. The number of benzene rings is 1. The second-order valence-electron chi connectivity index (χ2n) is 8.40. The number of ether oxygens (including phenoxy) is 2. The third-order valence-electron chi connectivity index (χ3n) is 4.88. The van der Waals surface area contributed by atoms with E-state index in [1.807, 2.05) is 6.07 Å². The average Bonchev–Trinajstić information content (AvgIpc) is 3.06. The van der Waals surface area contributed by atoms with Crippen molar-refractivity contribution in [3.05, 3.63) is 63.4 Å². The Balaban J connectivity index is 1.68. The van der Waals surface area contributed by atoms with Crippen molar-refractivity contribution in [2.75, 3.05) is 6.61 Å². The molecule has 0 aliphatic carbocycles. The third kappa shape index (κ3) is 6.96. The van der Waals surface area contributed by atoms with Crippen molar-refractivity contribution in [1.82, 2.24) is 14.6 Å². The monoisotopic (exact) mass is 497 g/mol. The molecule has 1 saturated heterocycles. The molecule has 1 aromatic carbocycles. The van der Waals surface area contributed by atoms with E-state index < -0.39 is 49.8 Å². The molecule has 1 aliphatic rings. The topological polar surface area (TPSA) is 121 Å². The van der Waals surface area contributed by atoms with E-state index in [9.17, 15) is 14.4 Å². The number of hydrogen-bond donors (Lipinski definition) is 2. The molecule has 0 saturated carbocycles. The molecule has 2 aromatic rings. The molecule has 2 N–H and O–H groups in total. The Morgan fingerprint density at radius 1 is 1.29 bits per heavy atom. The van der Waals surface area contributed by atoms with Crippen LogP contribution in [0.4, 0.5) is 4.39 Å². The molecular formula is C22H29FN3O7P. The first-order valence-electron chi connectivity index (χ1n) is 10.8. The molecule has 0 amide bonds. The van der Waals surface area contributed by atoms with Crippen LogP contribution in [0.15, 0.2) is 52.2 Å². The van der Waals surface area contributed by atoms with E-state index in [1.165, 1.54) is 13.1 Å². The first-order valence-corrected chi connectivity index (χ1v) is 12.0. The molecule has 2 heterocycles. The molecule has 186 valence electrons. The van der Waals surface area contributed by atoms with Crippen molar-refractivity contribution in [3.8, 4) is 5.75 Å². The zero-order chi connectivity index (χ0) is 24.9. The van der Waals surface area contributed by atoms with E-state index in [-0.39, 0.29) is 19.1 Å². The number of hydrogen-bond acceptors (Lipinski definition) is 8. The molecular weight excluding hydrogens is 468 g/mol. The lowest BCUT2D eigenvalue weighted by Crippen LogP contribution is -2.38. The van der Waals surface area contributed by atoms with Gasteiger partial charge < -0.3 is 18.5 Å². The van der Waals surface area contributed by atoms with Crippen LogP contribution in [0.3, 0.4) is 0 Å².